The first-order chi connectivity index (χ1) is 14.9. The maximum absolute atomic E-state index is 11.4. The minimum atomic E-state index is -4.67. The number of benzene rings is 1. The summed E-state index contributed by atoms with van der Waals surface area (Å²) in [5.74, 6) is 0.107. The van der Waals surface area contributed by atoms with Gasteiger partial charge >= 0.3 is 10.4 Å². The Morgan fingerprint density at radius 3 is 1.72 bits per heavy atom. The van der Waals surface area contributed by atoms with Crippen molar-refractivity contribution in [2.45, 2.75) is 80.1 Å². The van der Waals surface area contributed by atoms with Gasteiger partial charge in [0.15, 0.2) is 0 Å². The molecule has 0 spiro atoms. The third-order valence-electron chi connectivity index (χ3n) is 5.05. The molecule has 5 nitrogen and oxygen atoms in total. The molecule has 0 atom stereocenters. The summed E-state index contributed by atoms with van der Waals surface area (Å²) < 4.78 is 36.8. The molecule has 0 fully saturated rings. The molecular formula is C26H38O5S. The van der Waals surface area contributed by atoms with E-state index in [1.54, 1.807) is 0 Å². The Labute approximate surface area is 194 Å². The third kappa shape index (κ3) is 11.3. The lowest BCUT2D eigenvalue weighted by molar-refractivity contribution is 0.384. The van der Waals surface area contributed by atoms with Crippen LogP contribution >= 0.6 is 0 Å². The van der Waals surface area contributed by atoms with Gasteiger partial charge in [-0.25, -0.2) is 0 Å². The molecule has 0 radical (unpaired) electrons. The molecule has 1 rings (SSSR count). The van der Waals surface area contributed by atoms with Crippen molar-refractivity contribution in [2.24, 2.45) is 0 Å². The number of hydrogen-bond acceptors (Lipinski definition) is 4. The highest BCUT2D eigenvalue weighted by molar-refractivity contribution is 7.81. The molecule has 0 saturated carbocycles. The lowest BCUT2D eigenvalue weighted by Gasteiger charge is -2.14. The van der Waals surface area contributed by atoms with Crippen LogP contribution in [-0.2, 0) is 23.2 Å². The van der Waals surface area contributed by atoms with Gasteiger partial charge in [0, 0.05) is 11.1 Å². The zero-order chi connectivity index (χ0) is 24.3. The van der Waals surface area contributed by atoms with Crippen molar-refractivity contribution in [3.05, 3.63) is 69.9 Å². The fourth-order valence-electron chi connectivity index (χ4n) is 3.24. The van der Waals surface area contributed by atoms with Gasteiger partial charge in [-0.2, -0.15) is 8.42 Å². The number of phenols is 1. The van der Waals surface area contributed by atoms with Gasteiger partial charge in [0.05, 0.1) is 0 Å². The van der Waals surface area contributed by atoms with Crippen LogP contribution in [0, 0.1) is 0 Å². The smallest absolute Gasteiger partial charge is 0.446 e. The Hall–Kier alpha value is -2.31. The Balaban J connectivity index is 3.20. The quantitative estimate of drug-likeness (QED) is 0.257. The van der Waals surface area contributed by atoms with Gasteiger partial charge in [-0.05, 0) is 92.2 Å². The summed E-state index contributed by atoms with van der Waals surface area (Å²) in [5.41, 5.74) is 6.03. The first kappa shape index (κ1) is 27.7. The SMILES string of the molecule is CC(C)=CCC/C(C)=C/Cc1c(O)ccc(OS(=O)(=O)O)c1C/C=C(\C)CCC=C(C)C. The van der Waals surface area contributed by atoms with E-state index in [0.717, 1.165) is 31.3 Å². The molecule has 0 aliphatic rings. The van der Waals surface area contributed by atoms with E-state index in [1.807, 2.05) is 26.0 Å². The van der Waals surface area contributed by atoms with Crippen LogP contribution in [-0.4, -0.2) is 18.1 Å². The van der Waals surface area contributed by atoms with Crippen LogP contribution in [0.25, 0.3) is 0 Å². The van der Waals surface area contributed by atoms with E-state index in [1.165, 1.54) is 28.9 Å². The van der Waals surface area contributed by atoms with E-state index in [2.05, 4.69) is 39.8 Å². The van der Waals surface area contributed by atoms with Gasteiger partial charge in [0.2, 0.25) is 0 Å². The Morgan fingerprint density at radius 2 is 1.28 bits per heavy atom. The molecule has 0 bridgehead atoms. The van der Waals surface area contributed by atoms with Gasteiger partial charge < -0.3 is 9.29 Å². The maximum atomic E-state index is 11.4. The lowest BCUT2D eigenvalue weighted by atomic mass is 9.96. The Bertz CT molecular complexity index is 987. The fraction of sp³-hybridized carbons (Fsp3) is 0.462. The van der Waals surface area contributed by atoms with Gasteiger partial charge in [-0.1, -0.05) is 46.6 Å². The standard InChI is InChI=1S/C26H38O5S/c1-19(2)9-7-11-21(5)13-15-23-24(16-14-22(6)12-8-10-20(3)4)26(18-17-25(23)27)31-32(28,29)30/h9-10,13-14,17-18,27H,7-8,11-12,15-16H2,1-6H3,(H,28,29,30)/b21-13+,22-14+. The second-order valence-corrected chi connectivity index (χ2v) is 9.72. The topological polar surface area (TPSA) is 83.8 Å². The zero-order valence-corrected chi connectivity index (χ0v) is 21.1. The van der Waals surface area contributed by atoms with E-state index in [4.69, 9.17) is 4.18 Å². The van der Waals surface area contributed by atoms with Crippen molar-refractivity contribution >= 4 is 10.4 Å². The summed E-state index contributed by atoms with van der Waals surface area (Å²) in [5, 5.41) is 10.5. The molecule has 0 aromatic heterocycles. The van der Waals surface area contributed by atoms with E-state index in [-0.39, 0.29) is 11.5 Å². The molecule has 0 aliphatic carbocycles. The van der Waals surface area contributed by atoms with Crippen LogP contribution < -0.4 is 4.18 Å². The molecule has 32 heavy (non-hydrogen) atoms. The highest BCUT2D eigenvalue weighted by Crippen LogP contribution is 2.33. The zero-order valence-electron chi connectivity index (χ0n) is 20.2. The normalized spacial score (nSPS) is 12.5. The third-order valence-corrected chi connectivity index (χ3v) is 5.44. The molecule has 1 aromatic carbocycles. The summed E-state index contributed by atoms with van der Waals surface area (Å²) in [4.78, 5) is 0. The Kier molecular flexibility index (Phi) is 11.5. The van der Waals surface area contributed by atoms with Gasteiger partial charge in [0.25, 0.3) is 0 Å². The van der Waals surface area contributed by atoms with Crippen LogP contribution in [0.1, 0.15) is 78.4 Å². The lowest BCUT2D eigenvalue weighted by Crippen LogP contribution is -2.09. The molecule has 2 N–H and O–H groups in total. The molecule has 1 aromatic rings. The highest BCUT2D eigenvalue weighted by Gasteiger charge is 2.17. The number of allylic oxidation sites excluding steroid dienone is 8. The molecule has 0 amide bonds. The Morgan fingerprint density at radius 1 is 0.812 bits per heavy atom. The number of aromatic hydroxyl groups is 1. The molecular weight excluding hydrogens is 424 g/mol. The molecule has 0 heterocycles. The number of rotatable bonds is 12. The minimum Gasteiger partial charge on any atom is -0.508 e. The van der Waals surface area contributed by atoms with E-state index in [0.29, 0.717) is 24.0 Å². The van der Waals surface area contributed by atoms with Crippen LogP contribution in [0.15, 0.2) is 58.7 Å². The minimum absolute atomic E-state index is 0.0317. The van der Waals surface area contributed by atoms with Crippen LogP contribution in [0.3, 0.4) is 0 Å². The number of phenolic OH excluding ortho intramolecular Hbond substituents is 1. The fourth-order valence-corrected chi connectivity index (χ4v) is 3.62. The second-order valence-electron chi connectivity index (χ2n) is 8.70. The van der Waals surface area contributed by atoms with Crippen molar-refractivity contribution in [2.75, 3.05) is 0 Å². The van der Waals surface area contributed by atoms with Crippen molar-refractivity contribution in [3.63, 3.8) is 0 Å². The molecule has 0 saturated heterocycles. The first-order valence-corrected chi connectivity index (χ1v) is 12.3. The molecule has 0 unspecified atom stereocenters. The largest absolute Gasteiger partial charge is 0.508 e. The summed E-state index contributed by atoms with van der Waals surface area (Å²) >= 11 is 0. The highest BCUT2D eigenvalue weighted by atomic mass is 32.3. The number of hydrogen-bond donors (Lipinski definition) is 2. The van der Waals surface area contributed by atoms with E-state index in [9.17, 15) is 18.1 Å². The van der Waals surface area contributed by atoms with E-state index < -0.39 is 10.4 Å². The average molecular weight is 463 g/mol. The van der Waals surface area contributed by atoms with Gasteiger partial charge in [-0.15, -0.1) is 0 Å². The maximum Gasteiger partial charge on any atom is 0.446 e. The van der Waals surface area contributed by atoms with Crippen molar-refractivity contribution in [3.8, 4) is 11.5 Å². The van der Waals surface area contributed by atoms with Crippen molar-refractivity contribution < 1.29 is 22.3 Å². The van der Waals surface area contributed by atoms with Crippen LogP contribution in [0.5, 0.6) is 11.5 Å². The van der Waals surface area contributed by atoms with Gasteiger partial charge in [0.1, 0.15) is 11.5 Å². The monoisotopic (exact) mass is 462 g/mol. The summed E-state index contributed by atoms with van der Waals surface area (Å²) in [6.45, 7) is 12.3. The summed E-state index contributed by atoms with van der Waals surface area (Å²) in [6, 6.07) is 2.77. The summed E-state index contributed by atoms with van der Waals surface area (Å²) in [7, 11) is -4.67. The van der Waals surface area contributed by atoms with Crippen molar-refractivity contribution in [1.82, 2.24) is 0 Å². The predicted octanol–water partition coefficient (Wildman–Crippen LogP) is 7.04. The van der Waals surface area contributed by atoms with Gasteiger partial charge in [-0.3, -0.25) is 4.55 Å². The second kappa shape index (κ2) is 13.3. The molecule has 6 heteroatoms. The predicted molar refractivity (Wildman–Crippen MR) is 133 cm³/mol. The molecule has 178 valence electrons. The van der Waals surface area contributed by atoms with E-state index >= 15 is 0 Å². The van der Waals surface area contributed by atoms with Crippen LogP contribution in [0.2, 0.25) is 0 Å². The first-order valence-electron chi connectivity index (χ1n) is 11.0. The average Bonchev–Trinajstić information content (AvgIpc) is 2.65. The molecule has 0 aliphatic heterocycles. The summed E-state index contributed by atoms with van der Waals surface area (Å²) in [6.07, 6.45) is 12.9. The van der Waals surface area contributed by atoms with Crippen LogP contribution in [0.4, 0.5) is 0 Å². The van der Waals surface area contributed by atoms with Crippen molar-refractivity contribution in [1.29, 1.82) is 0 Å².